The maximum Gasteiger partial charge on any atom is 0.345 e. The molecule has 0 amide bonds. The topological polar surface area (TPSA) is 80.4 Å². The summed E-state index contributed by atoms with van der Waals surface area (Å²) in [6, 6.07) is 6.49. The minimum atomic E-state index is -0.991. The van der Waals surface area contributed by atoms with E-state index in [4.69, 9.17) is 5.11 Å². The summed E-state index contributed by atoms with van der Waals surface area (Å²) in [7, 11) is 0. The van der Waals surface area contributed by atoms with Gasteiger partial charge in [-0.15, -0.1) is 11.3 Å². The predicted octanol–water partition coefficient (Wildman–Crippen LogP) is 3.81. The number of hydrogen-bond acceptors (Lipinski definition) is 5. The molecule has 1 aromatic heterocycles. The monoisotopic (exact) mass is 295 g/mol. The smallest absolute Gasteiger partial charge is 0.345 e. The first-order valence-corrected chi connectivity index (χ1v) is 6.91. The van der Waals surface area contributed by atoms with E-state index < -0.39 is 10.9 Å². The number of aryl methyl sites for hydroxylation is 1. The van der Waals surface area contributed by atoms with Gasteiger partial charge in [0.05, 0.1) is 9.82 Å². The van der Waals surface area contributed by atoms with Crippen molar-refractivity contribution in [2.75, 3.05) is 0 Å². The van der Waals surface area contributed by atoms with Gasteiger partial charge in [0.25, 0.3) is 5.69 Å². The molecule has 2 aromatic rings. The van der Waals surface area contributed by atoms with Crippen LogP contribution in [0.3, 0.4) is 0 Å². The number of nitro groups is 1. The summed E-state index contributed by atoms with van der Waals surface area (Å²) in [5.41, 5.74) is 0.848. The number of nitro benzene ring substituents is 1. The Morgan fingerprint density at radius 2 is 2.16 bits per heavy atom. The number of benzene rings is 1. The van der Waals surface area contributed by atoms with Gasteiger partial charge in [-0.3, -0.25) is 10.1 Å². The van der Waals surface area contributed by atoms with Crippen LogP contribution in [-0.4, -0.2) is 16.0 Å². The molecule has 5 nitrogen and oxygen atoms in total. The Bertz CT molecular complexity index is 651. The highest BCUT2D eigenvalue weighted by Gasteiger charge is 2.16. The normalized spacial score (nSPS) is 10.4. The highest BCUT2D eigenvalue weighted by atomic mass is 32.2. The van der Waals surface area contributed by atoms with Gasteiger partial charge in [-0.05, 0) is 24.6 Å². The van der Waals surface area contributed by atoms with Gasteiger partial charge in [-0.25, -0.2) is 4.79 Å². The number of nitrogens with zero attached hydrogens (tertiary/aromatic N) is 1. The average Bonchev–Trinajstić information content (AvgIpc) is 2.80. The standard InChI is InChI=1S/C12H9NO4S2/c1-7-2-3-10(9(4-7)13(16)17)19-8-5-11(12(14)15)18-6-8/h2-6H,1H3,(H,14,15). The Morgan fingerprint density at radius 1 is 1.42 bits per heavy atom. The summed E-state index contributed by atoms with van der Waals surface area (Å²) in [6.07, 6.45) is 0. The summed E-state index contributed by atoms with van der Waals surface area (Å²) in [5.74, 6) is -0.991. The van der Waals surface area contributed by atoms with E-state index in [1.54, 1.807) is 24.4 Å². The molecule has 2 rings (SSSR count). The lowest BCUT2D eigenvalue weighted by atomic mass is 10.2. The molecule has 0 aliphatic rings. The van der Waals surface area contributed by atoms with E-state index in [2.05, 4.69) is 0 Å². The fourth-order valence-corrected chi connectivity index (χ4v) is 3.29. The van der Waals surface area contributed by atoms with Crippen molar-refractivity contribution in [1.82, 2.24) is 0 Å². The van der Waals surface area contributed by atoms with Gasteiger partial charge in [0.1, 0.15) is 4.88 Å². The molecule has 0 bridgehead atoms. The predicted molar refractivity (Wildman–Crippen MR) is 73.2 cm³/mol. The molecule has 0 fully saturated rings. The third-order valence-corrected chi connectivity index (χ3v) is 4.43. The van der Waals surface area contributed by atoms with Crippen LogP contribution in [0.4, 0.5) is 5.69 Å². The number of rotatable bonds is 4. The van der Waals surface area contributed by atoms with Crippen LogP contribution in [0, 0.1) is 17.0 Å². The summed E-state index contributed by atoms with van der Waals surface area (Å²) in [4.78, 5) is 22.7. The van der Waals surface area contributed by atoms with Crippen molar-refractivity contribution in [3.05, 3.63) is 50.2 Å². The molecule has 0 aliphatic carbocycles. The second-order valence-electron chi connectivity index (χ2n) is 3.78. The van der Waals surface area contributed by atoms with Gasteiger partial charge < -0.3 is 5.11 Å². The van der Waals surface area contributed by atoms with Gasteiger partial charge in [-0.1, -0.05) is 17.8 Å². The summed E-state index contributed by atoms with van der Waals surface area (Å²) < 4.78 is 0. The zero-order chi connectivity index (χ0) is 14.0. The Balaban J connectivity index is 2.32. The molecule has 0 atom stereocenters. The van der Waals surface area contributed by atoms with E-state index in [9.17, 15) is 14.9 Å². The molecular formula is C12H9NO4S2. The van der Waals surface area contributed by atoms with Crippen LogP contribution in [-0.2, 0) is 0 Å². The lowest BCUT2D eigenvalue weighted by Crippen LogP contribution is -1.91. The quantitative estimate of drug-likeness (QED) is 0.685. The first kappa shape index (κ1) is 13.6. The van der Waals surface area contributed by atoms with Crippen molar-refractivity contribution in [1.29, 1.82) is 0 Å². The van der Waals surface area contributed by atoms with Gasteiger partial charge in [0.15, 0.2) is 0 Å². The van der Waals surface area contributed by atoms with Crippen molar-refractivity contribution in [3.63, 3.8) is 0 Å². The Hall–Kier alpha value is -1.86. The fraction of sp³-hybridized carbons (Fsp3) is 0.0833. The molecule has 0 radical (unpaired) electrons. The van der Waals surface area contributed by atoms with Crippen molar-refractivity contribution in [3.8, 4) is 0 Å². The van der Waals surface area contributed by atoms with E-state index >= 15 is 0 Å². The zero-order valence-corrected chi connectivity index (χ0v) is 11.5. The van der Waals surface area contributed by atoms with E-state index in [0.29, 0.717) is 9.79 Å². The third-order valence-electron chi connectivity index (χ3n) is 2.33. The van der Waals surface area contributed by atoms with Crippen LogP contribution in [0.5, 0.6) is 0 Å². The zero-order valence-electron chi connectivity index (χ0n) is 9.82. The number of thiophene rings is 1. The highest BCUT2D eigenvalue weighted by molar-refractivity contribution is 7.99. The summed E-state index contributed by atoms with van der Waals surface area (Å²) >= 11 is 2.30. The second-order valence-corrected chi connectivity index (χ2v) is 5.81. The molecule has 1 heterocycles. The van der Waals surface area contributed by atoms with E-state index in [-0.39, 0.29) is 10.6 Å². The third kappa shape index (κ3) is 3.12. The van der Waals surface area contributed by atoms with E-state index in [1.807, 2.05) is 0 Å². The van der Waals surface area contributed by atoms with Gasteiger partial charge in [-0.2, -0.15) is 0 Å². The molecule has 0 aliphatic heterocycles. The van der Waals surface area contributed by atoms with Gasteiger partial charge >= 0.3 is 5.97 Å². The molecule has 98 valence electrons. The Kier molecular flexibility index (Phi) is 3.87. The van der Waals surface area contributed by atoms with Crippen molar-refractivity contribution >= 4 is 34.8 Å². The minimum absolute atomic E-state index is 0.0353. The van der Waals surface area contributed by atoms with Crippen molar-refractivity contribution < 1.29 is 14.8 Å². The maximum absolute atomic E-state index is 11.0. The lowest BCUT2D eigenvalue weighted by molar-refractivity contribution is -0.387. The van der Waals surface area contributed by atoms with Gasteiger partial charge in [0.2, 0.25) is 0 Å². The van der Waals surface area contributed by atoms with E-state index in [1.165, 1.54) is 23.9 Å². The number of carbonyl (C=O) groups is 1. The van der Waals surface area contributed by atoms with Crippen LogP contribution in [0.2, 0.25) is 0 Å². The number of carboxylic acid groups (broad SMARTS) is 1. The second kappa shape index (κ2) is 5.41. The Morgan fingerprint density at radius 3 is 2.74 bits per heavy atom. The van der Waals surface area contributed by atoms with Crippen LogP contribution in [0.1, 0.15) is 15.2 Å². The molecule has 0 spiro atoms. The molecule has 1 N–H and O–H groups in total. The first-order chi connectivity index (χ1) is 8.97. The largest absolute Gasteiger partial charge is 0.477 e. The summed E-state index contributed by atoms with van der Waals surface area (Å²) in [6.45, 7) is 1.79. The molecule has 1 aromatic carbocycles. The van der Waals surface area contributed by atoms with Crippen LogP contribution < -0.4 is 0 Å². The maximum atomic E-state index is 11.0. The average molecular weight is 295 g/mol. The molecule has 0 unspecified atom stereocenters. The van der Waals surface area contributed by atoms with Crippen molar-refractivity contribution in [2.24, 2.45) is 0 Å². The first-order valence-electron chi connectivity index (χ1n) is 5.22. The van der Waals surface area contributed by atoms with Crippen LogP contribution >= 0.6 is 23.1 Å². The molecule has 0 saturated heterocycles. The van der Waals surface area contributed by atoms with Gasteiger partial charge in [0, 0.05) is 16.3 Å². The van der Waals surface area contributed by atoms with E-state index in [0.717, 1.165) is 16.9 Å². The lowest BCUT2D eigenvalue weighted by Gasteiger charge is -2.02. The molecular weight excluding hydrogens is 286 g/mol. The SMILES string of the molecule is Cc1ccc(Sc2csc(C(=O)O)c2)c([N+](=O)[O-])c1. The van der Waals surface area contributed by atoms with Crippen molar-refractivity contribution in [2.45, 2.75) is 16.7 Å². The molecule has 0 saturated carbocycles. The minimum Gasteiger partial charge on any atom is -0.477 e. The molecule has 7 heteroatoms. The fourth-order valence-electron chi connectivity index (χ4n) is 1.47. The number of carboxylic acids is 1. The van der Waals surface area contributed by atoms with Crippen LogP contribution in [0.25, 0.3) is 0 Å². The number of aromatic carboxylic acids is 1. The number of hydrogen-bond donors (Lipinski definition) is 1. The molecule has 19 heavy (non-hydrogen) atoms. The highest BCUT2D eigenvalue weighted by Crippen LogP contribution is 2.37. The Labute approximate surface area is 117 Å². The van der Waals surface area contributed by atoms with Crippen LogP contribution in [0.15, 0.2) is 39.4 Å². The summed E-state index contributed by atoms with van der Waals surface area (Å²) in [5, 5.41) is 21.5.